The summed E-state index contributed by atoms with van der Waals surface area (Å²) >= 11 is 1.66. The third-order valence-corrected chi connectivity index (χ3v) is 7.15. The van der Waals surface area contributed by atoms with E-state index in [0.29, 0.717) is 0 Å². The average Bonchev–Trinajstić information content (AvgIpc) is 3.24. The summed E-state index contributed by atoms with van der Waals surface area (Å²) in [4.78, 5) is 19.7. The molecule has 4 nitrogen and oxygen atoms in total. The van der Waals surface area contributed by atoms with Gasteiger partial charge in [-0.1, -0.05) is 24.3 Å². The molecule has 2 aliphatic rings. The van der Waals surface area contributed by atoms with Crippen molar-refractivity contribution in [3.8, 4) is 16.2 Å². The fourth-order valence-corrected chi connectivity index (χ4v) is 5.53. The number of benzene rings is 2. The summed E-state index contributed by atoms with van der Waals surface area (Å²) < 4.78 is 5.24. The first-order valence-electron chi connectivity index (χ1n) is 10.1. The van der Waals surface area contributed by atoms with Gasteiger partial charge in [0.2, 0.25) is 0 Å². The van der Waals surface area contributed by atoms with E-state index in [0.717, 1.165) is 49.6 Å². The van der Waals surface area contributed by atoms with Crippen LogP contribution in [0.2, 0.25) is 0 Å². The molecular formula is C24H24N2O2S. The molecule has 3 aromatic rings. The Hall–Kier alpha value is -2.79. The Morgan fingerprint density at radius 2 is 1.66 bits per heavy atom. The maximum atomic E-state index is 13.2. The molecule has 0 unspecified atom stereocenters. The molecule has 0 saturated carbocycles. The quantitative estimate of drug-likeness (QED) is 0.645. The fourth-order valence-electron chi connectivity index (χ4n) is 4.29. The lowest BCUT2D eigenvalue weighted by Gasteiger charge is -2.36. The highest BCUT2D eigenvalue weighted by Crippen LogP contribution is 2.39. The van der Waals surface area contributed by atoms with Crippen LogP contribution in [-0.2, 0) is 12.8 Å². The Bertz CT molecular complexity index is 1030. The molecule has 5 heteroatoms. The lowest BCUT2D eigenvalue weighted by molar-refractivity contribution is 0.0751. The number of hydrogen-bond donors (Lipinski definition) is 0. The summed E-state index contributed by atoms with van der Waals surface area (Å²) in [5.74, 6) is 1.04. The van der Waals surface area contributed by atoms with Gasteiger partial charge in [-0.15, -0.1) is 11.3 Å². The normalized spacial score (nSPS) is 15.6. The number of carbonyl (C=O) groups is 1. The molecule has 1 fully saturated rings. The van der Waals surface area contributed by atoms with Gasteiger partial charge in [0, 0.05) is 36.7 Å². The molecule has 0 N–H and O–H groups in total. The van der Waals surface area contributed by atoms with E-state index in [2.05, 4.69) is 47.4 Å². The lowest BCUT2D eigenvalue weighted by Crippen LogP contribution is -2.48. The van der Waals surface area contributed by atoms with Crippen molar-refractivity contribution in [2.24, 2.45) is 0 Å². The number of thiophene rings is 1. The van der Waals surface area contributed by atoms with Gasteiger partial charge in [0.25, 0.3) is 5.91 Å². The number of methoxy groups -OCH3 is 1. The maximum Gasteiger partial charge on any atom is 0.264 e. The fraction of sp³-hybridized carbons (Fsp3) is 0.292. The van der Waals surface area contributed by atoms with Gasteiger partial charge < -0.3 is 14.5 Å². The molecule has 5 rings (SSSR count). The smallest absolute Gasteiger partial charge is 0.264 e. The highest BCUT2D eigenvalue weighted by atomic mass is 32.1. The van der Waals surface area contributed by atoms with E-state index in [9.17, 15) is 4.79 Å². The van der Waals surface area contributed by atoms with E-state index < -0.39 is 0 Å². The molecule has 2 heterocycles. The summed E-state index contributed by atoms with van der Waals surface area (Å²) in [7, 11) is 1.68. The SMILES string of the molecule is COc1ccc(N2CCN(C(=O)c3cc4c(s3)-c3ccccc3CC4)CC2)cc1. The zero-order chi connectivity index (χ0) is 19.8. The predicted molar refractivity (Wildman–Crippen MR) is 118 cm³/mol. The third-order valence-electron chi connectivity index (χ3n) is 5.95. The molecule has 148 valence electrons. The first kappa shape index (κ1) is 18.3. The number of amides is 1. The van der Waals surface area contributed by atoms with Crippen molar-refractivity contribution < 1.29 is 9.53 Å². The van der Waals surface area contributed by atoms with Crippen molar-refractivity contribution in [1.29, 1.82) is 0 Å². The Kier molecular flexibility index (Phi) is 4.76. The molecule has 0 bridgehead atoms. The van der Waals surface area contributed by atoms with Crippen LogP contribution in [0.5, 0.6) is 5.75 Å². The zero-order valence-corrected chi connectivity index (χ0v) is 17.4. The summed E-state index contributed by atoms with van der Waals surface area (Å²) in [5.41, 5.74) is 5.21. The van der Waals surface area contributed by atoms with Gasteiger partial charge in [0.15, 0.2) is 0 Å². The van der Waals surface area contributed by atoms with Crippen molar-refractivity contribution in [1.82, 2.24) is 4.90 Å². The van der Waals surface area contributed by atoms with Crippen LogP contribution in [0.1, 0.15) is 20.8 Å². The molecule has 1 amide bonds. The number of anilines is 1. The van der Waals surface area contributed by atoms with Crippen molar-refractivity contribution >= 4 is 22.9 Å². The van der Waals surface area contributed by atoms with E-state index in [-0.39, 0.29) is 5.91 Å². The molecule has 0 spiro atoms. The average molecular weight is 405 g/mol. The van der Waals surface area contributed by atoms with Gasteiger partial charge in [-0.25, -0.2) is 0 Å². The number of piperazine rings is 1. The molecular weight excluding hydrogens is 380 g/mol. The maximum absolute atomic E-state index is 13.2. The van der Waals surface area contributed by atoms with Gasteiger partial charge in [-0.05, 0) is 59.9 Å². The lowest BCUT2D eigenvalue weighted by atomic mass is 9.91. The number of aryl methyl sites for hydroxylation is 2. The van der Waals surface area contributed by atoms with Crippen LogP contribution < -0.4 is 9.64 Å². The van der Waals surface area contributed by atoms with E-state index >= 15 is 0 Å². The second kappa shape index (κ2) is 7.56. The van der Waals surface area contributed by atoms with Crippen LogP contribution in [0, 0.1) is 0 Å². The Labute approximate surface area is 175 Å². The molecule has 0 radical (unpaired) electrons. The van der Waals surface area contributed by atoms with Crippen molar-refractivity contribution in [3.05, 3.63) is 70.6 Å². The van der Waals surface area contributed by atoms with Gasteiger partial charge in [0.1, 0.15) is 5.75 Å². The van der Waals surface area contributed by atoms with Crippen LogP contribution in [0.15, 0.2) is 54.6 Å². The second-order valence-electron chi connectivity index (χ2n) is 7.60. The number of hydrogen-bond acceptors (Lipinski definition) is 4. The second-order valence-corrected chi connectivity index (χ2v) is 8.65. The van der Waals surface area contributed by atoms with Gasteiger partial charge in [0.05, 0.1) is 12.0 Å². The minimum Gasteiger partial charge on any atom is -0.497 e. The van der Waals surface area contributed by atoms with E-state index in [1.807, 2.05) is 17.0 Å². The monoisotopic (exact) mass is 404 g/mol. The Balaban J connectivity index is 1.29. The number of carbonyl (C=O) groups excluding carboxylic acids is 1. The molecule has 1 aliphatic heterocycles. The number of nitrogens with zero attached hydrogens (tertiary/aromatic N) is 2. The van der Waals surface area contributed by atoms with Crippen LogP contribution in [0.4, 0.5) is 5.69 Å². The van der Waals surface area contributed by atoms with Crippen molar-refractivity contribution in [3.63, 3.8) is 0 Å². The third kappa shape index (κ3) is 3.40. The van der Waals surface area contributed by atoms with Crippen molar-refractivity contribution in [2.75, 3.05) is 38.2 Å². The molecule has 1 saturated heterocycles. The number of ether oxygens (including phenoxy) is 1. The Morgan fingerprint density at radius 3 is 2.41 bits per heavy atom. The van der Waals surface area contributed by atoms with Crippen LogP contribution in [0.25, 0.3) is 10.4 Å². The summed E-state index contributed by atoms with van der Waals surface area (Å²) in [6, 6.07) is 18.9. The van der Waals surface area contributed by atoms with Crippen molar-refractivity contribution in [2.45, 2.75) is 12.8 Å². The van der Waals surface area contributed by atoms with Crippen LogP contribution >= 0.6 is 11.3 Å². The van der Waals surface area contributed by atoms with Crippen LogP contribution in [0.3, 0.4) is 0 Å². The van der Waals surface area contributed by atoms with Gasteiger partial charge in [-0.2, -0.15) is 0 Å². The molecule has 2 aromatic carbocycles. The first-order chi connectivity index (χ1) is 14.2. The summed E-state index contributed by atoms with van der Waals surface area (Å²) in [5, 5.41) is 0. The van der Waals surface area contributed by atoms with Gasteiger partial charge >= 0.3 is 0 Å². The number of rotatable bonds is 3. The van der Waals surface area contributed by atoms with E-state index in [1.165, 1.54) is 27.3 Å². The Morgan fingerprint density at radius 1 is 0.931 bits per heavy atom. The van der Waals surface area contributed by atoms with E-state index in [4.69, 9.17) is 4.74 Å². The predicted octanol–water partition coefficient (Wildman–Crippen LogP) is 4.48. The van der Waals surface area contributed by atoms with Gasteiger partial charge in [-0.3, -0.25) is 4.79 Å². The first-order valence-corrected chi connectivity index (χ1v) is 10.9. The highest BCUT2D eigenvalue weighted by Gasteiger charge is 2.26. The highest BCUT2D eigenvalue weighted by molar-refractivity contribution is 7.17. The molecule has 1 aromatic heterocycles. The van der Waals surface area contributed by atoms with E-state index in [1.54, 1.807) is 18.4 Å². The standard InChI is InChI=1S/C24H24N2O2S/c1-28-20-10-8-19(9-11-20)25-12-14-26(15-13-25)24(27)22-16-18-7-6-17-4-2-3-5-21(17)23(18)29-22/h2-5,8-11,16H,6-7,12-15H2,1H3. The number of fused-ring (bicyclic) bond motifs is 3. The minimum atomic E-state index is 0.177. The minimum absolute atomic E-state index is 0.177. The topological polar surface area (TPSA) is 32.8 Å². The van der Waals surface area contributed by atoms with Crippen LogP contribution in [-0.4, -0.2) is 44.1 Å². The largest absolute Gasteiger partial charge is 0.497 e. The molecule has 0 atom stereocenters. The summed E-state index contributed by atoms with van der Waals surface area (Å²) in [6.07, 6.45) is 2.09. The summed E-state index contributed by atoms with van der Waals surface area (Å²) in [6.45, 7) is 3.21. The zero-order valence-electron chi connectivity index (χ0n) is 16.6. The molecule has 1 aliphatic carbocycles. The molecule has 29 heavy (non-hydrogen) atoms.